The highest BCUT2D eigenvalue weighted by Gasteiger charge is 2.27. The maximum Gasteiger partial charge on any atom is 0.344 e. The number of fused-ring (bicyclic) bond motifs is 2. The largest absolute Gasteiger partial charge is 0.462 e. The first-order valence-electron chi connectivity index (χ1n) is 15.1. The molecular weight excluding hydrogens is 580 g/mol. The molecule has 0 radical (unpaired) electrons. The summed E-state index contributed by atoms with van der Waals surface area (Å²) in [6.07, 6.45) is 4.73. The molecule has 0 aliphatic rings. The quantitative estimate of drug-likeness (QED) is 0.0559. The highest BCUT2D eigenvalue weighted by Crippen LogP contribution is 2.42. The fourth-order valence-corrected chi connectivity index (χ4v) is 5.92. The maximum absolute atomic E-state index is 13.7. The summed E-state index contributed by atoms with van der Waals surface area (Å²) in [6.45, 7) is 4.15. The first-order chi connectivity index (χ1) is 22.5. The number of aryl methyl sites for hydroxylation is 1. The number of para-hydroxylation sites is 2. The number of ether oxygens (including phenoxy) is 3. The van der Waals surface area contributed by atoms with Gasteiger partial charge in [-0.1, -0.05) is 61.9 Å². The molecule has 0 saturated carbocycles. The zero-order valence-corrected chi connectivity index (χ0v) is 25.2. The molecule has 0 unspecified atom stereocenters. The Morgan fingerprint density at radius 1 is 0.587 bits per heavy atom. The minimum absolute atomic E-state index is 0.159. The molecule has 2 aromatic heterocycles. The van der Waals surface area contributed by atoms with E-state index < -0.39 is 17.9 Å². The summed E-state index contributed by atoms with van der Waals surface area (Å²) in [7, 11) is 0. The second-order valence-corrected chi connectivity index (χ2v) is 11.0. The van der Waals surface area contributed by atoms with E-state index in [-0.39, 0.29) is 17.7 Å². The molecule has 5 aromatic carbocycles. The van der Waals surface area contributed by atoms with Gasteiger partial charge in [0, 0.05) is 44.7 Å². The number of carbonyl (C=O) groups excluding carboxylic acids is 3. The molecule has 0 N–H and O–H groups in total. The third kappa shape index (κ3) is 4.94. The number of aromatic nitrogens is 2. The highest BCUT2D eigenvalue weighted by atomic mass is 16.5. The van der Waals surface area contributed by atoms with E-state index in [1.807, 2.05) is 32.0 Å². The number of carbonyl (C=O) groups is 3. The second kappa shape index (κ2) is 11.9. The molecule has 0 atom stereocenters. The summed E-state index contributed by atoms with van der Waals surface area (Å²) in [4.78, 5) is 50.2. The predicted octanol–water partition coefficient (Wildman–Crippen LogP) is 8.23. The third-order valence-electron chi connectivity index (χ3n) is 8.07. The van der Waals surface area contributed by atoms with Crippen LogP contribution in [0.25, 0.3) is 43.4 Å². The van der Waals surface area contributed by atoms with Crippen molar-refractivity contribution in [2.24, 2.45) is 0 Å². The van der Waals surface area contributed by atoms with Gasteiger partial charge in [-0.25, -0.2) is 14.4 Å². The van der Waals surface area contributed by atoms with Crippen LogP contribution in [0.1, 0.15) is 56.4 Å². The van der Waals surface area contributed by atoms with Crippen molar-refractivity contribution < 1.29 is 28.6 Å². The van der Waals surface area contributed by atoms with Gasteiger partial charge >= 0.3 is 17.9 Å². The van der Waals surface area contributed by atoms with Gasteiger partial charge in [0.25, 0.3) is 0 Å². The average Bonchev–Trinajstić information content (AvgIpc) is 3.08. The Morgan fingerprint density at radius 2 is 1.11 bits per heavy atom. The fourth-order valence-electron chi connectivity index (χ4n) is 5.92. The number of nitrogens with zero attached hydrogens (tertiary/aromatic N) is 2. The van der Waals surface area contributed by atoms with Crippen molar-refractivity contribution in [1.29, 1.82) is 0 Å². The topological polar surface area (TPSA) is 105 Å². The van der Waals surface area contributed by atoms with Crippen LogP contribution in [0.5, 0.6) is 11.5 Å². The molecule has 2 heterocycles. The Hall–Kier alpha value is -5.89. The first-order valence-corrected chi connectivity index (χ1v) is 15.1. The van der Waals surface area contributed by atoms with E-state index in [0.717, 1.165) is 22.8 Å². The number of pyridine rings is 2. The van der Waals surface area contributed by atoms with Crippen LogP contribution in [0.4, 0.5) is 0 Å². The lowest BCUT2D eigenvalue weighted by molar-refractivity contribution is 0.0501. The summed E-state index contributed by atoms with van der Waals surface area (Å²) >= 11 is 0. The summed E-state index contributed by atoms with van der Waals surface area (Å²) in [5, 5.41) is 3.77. The van der Waals surface area contributed by atoms with Crippen molar-refractivity contribution >= 4 is 61.3 Å². The van der Waals surface area contributed by atoms with Gasteiger partial charge in [0.05, 0.1) is 34.3 Å². The second-order valence-electron chi connectivity index (χ2n) is 11.0. The molecule has 8 heteroatoms. The lowest BCUT2D eigenvalue weighted by Crippen LogP contribution is -2.14. The van der Waals surface area contributed by atoms with E-state index in [1.54, 1.807) is 72.9 Å². The van der Waals surface area contributed by atoms with Crippen LogP contribution in [0, 0.1) is 6.92 Å². The summed E-state index contributed by atoms with van der Waals surface area (Å²) in [5.74, 6) is -0.880. The van der Waals surface area contributed by atoms with Crippen LogP contribution in [0.15, 0.2) is 97.3 Å². The first kappa shape index (κ1) is 28.9. The van der Waals surface area contributed by atoms with Gasteiger partial charge in [-0.05, 0) is 55.3 Å². The zero-order valence-electron chi connectivity index (χ0n) is 25.2. The maximum atomic E-state index is 13.7. The van der Waals surface area contributed by atoms with Gasteiger partial charge in [0.2, 0.25) is 0 Å². The molecule has 0 aliphatic heterocycles. The summed E-state index contributed by atoms with van der Waals surface area (Å²) < 4.78 is 17.0. The van der Waals surface area contributed by atoms with Gasteiger partial charge in [0.1, 0.15) is 11.5 Å². The van der Waals surface area contributed by atoms with Crippen molar-refractivity contribution in [2.45, 2.75) is 26.7 Å². The molecule has 8 nitrogen and oxygen atoms in total. The molecule has 0 amide bonds. The van der Waals surface area contributed by atoms with Crippen molar-refractivity contribution in [1.82, 2.24) is 9.97 Å². The Bertz CT molecular complexity index is 2260. The zero-order chi connectivity index (χ0) is 31.8. The van der Waals surface area contributed by atoms with E-state index in [9.17, 15) is 14.4 Å². The monoisotopic (exact) mass is 608 g/mol. The fraction of sp³-hybridized carbons (Fsp3) is 0.132. The molecular formula is C38H28N2O6. The molecule has 0 bridgehead atoms. The Kier molecular flexibility index (Phi) is 7.46. The Balaban J connectivity index is 1.48. The third-order valence-corrected chi connectivity index (χ3v) is 8.07. The van der Waals surface area contributed by atoms with Gasteiger partial charge in [-0.3, -0.25) is 9.97 Å². The predicted molar refractivity (Wildman–Crippen MR) is 176 cm³/mol. The van der Waals surface area contributed by atoms with E-state index in [2.05, 4.69) is 0 Å². The lowest BCUT2D eigenvalue weighted by atomic mass is 9.89. The van der Waals surface area contributed by atoms with E-state index in [4.69, 9.17) is 24.2 Å². The number of rotatable bonds is 8. The number of benzene rings is 5. The van der Waals surface area contributed by atoms with E-state index in [0.29, 0.717) is 56.1 Å². The van der Waals surface area contributed by atoms with Crippen molar-refractivity contribution in [3.05, 3.63) is 120 Å². The van der Waals surface area contributed by atoms with Crippen LogP contribution in [-0.4, -0.2) is 34.5 Å². The number of esters is 3. The molecule has 46 heavy (non-hydrogen) atoms. The highest BCUT2D eigenvalue weighted by molar-refractivity contribution is 6.35. The van der Waals surface area contributed by atoms with Crippen LogP contribution in [0.3, 0.4) is 0 Å². The standard InChI is InChI=1S/C38H28N2O6/c1-3-4-19-44-36(41)29-21-40-35-25-15-17-27(37(42)45-23-11-7-5-8-12-23)30-22(2)20-39-34(32(25)30)26-16-18-28(31(29)33(26)35)38(43)46-24-13-9-6-10-14-24/h5-18,20-21H,3-4,19H2,1-2H3. The molecule has 226 valence electrons. The van der Waals surface area contributed by atoms with Gasteiger partial charge in [0.15, 0.2) is 0 Å². The minimum Gasteiger partial charge on any atom is -0.462 e. The normalized spacial score (nSPS) is 11.3. The minimum atomic E-state index is -0.621. The molecule has 7 rings (SSSR count). The average molecular weight is 609 g/mol. The van der Waals surface area contributed by atoms with Crippen LogP contribution >= 0.6 is 0 Å². The SMILES string of the molecule is CCCCOC(=O)c1cnc2c3ccc(C(=O)Oc4ccccc4)c4c(C)cnc(c5ccc(C(=O)Oc6ccccc6)c1c52)c43. The van der Waals surface area contributed by atoms with Gasteiger partial charge in [-0.15, -0.1) is 0 Å². The van der Waals surface area contributed by atoms with Crippen molar-refractivity contribution in [2.75, 3.05) is 6.61 Å². The smallest absolute Gasteiger partial charge is 0.344 e. The van der Waals surface area contributed by atoms with Gasteiger partial charge < -0.3 is 14.2 Å². The molecule has 0 aliphatic carbocycles. The van der Waals surface area contributed by atoms with E-state index >= 15 is 0 Å². The van der Waals surface area contributed by atoms with Crippen LogP contribution < -0.4 is 9.47 Å². The summed E-state index contributed by atoms with van der Waals surface area (Å²) in [5.41, 5.74) is 2.69. The summed E-state index contributed by atoms with van der Waals surface area (Å²) in [6, 6.07) is 24.6. The van der Waals surface area contributed by atoms with Crippen molar-refractivity contribution in [3.63, 3.8) is 0 Å². The molecule has 0 saturated heterocycles. The number of unbranched alkanes of at least 4 members (excludes halogenated alkanes) is 1. The Labute approximate surface area is 263 Å². The molecule has 0 spiro atoms. The molecule has 0 fully saturated rings. The number of hydrogen-bond acceptors (Lipinski definition) is 8. The Morgan fingerprint density at radius 3 is 1.67 bits per heavy atom. The van der Waals surface area contributed by atoms with Crippen LogP contribution in [0.2, 0.25) is 0 Å². The van der Waals surface area contributed by atoms with Crippen molar-refractivity contribution in [3.8, 4) is 11.5 Å². The van der Waals surface area contributed by atoms with Gasteiger partial charge in [-0.2, -0.15) is 0 Å². The molecule has 7 aromatic rings. The number of hydrogen-bond donors (Lipinski definition) is 0. The van der Waals surface area contributed by atoms with Crippen LogP contribution in [-0.2, 0) is 4.74 Å². The van der Waals surface area contributed by atoms with E-state index in [1.165, 1.54) is 6.20 Å². The lowest BCUT2D eigenvalue weighted by Gasteiger charge is -2.18.